The van der Waals surface area contributed by atoms with Crippen LogP contribution in [0.2, 0.25) is 0 Å². The lowest BCUT2D eigenvalue weighted by Gasteiger charge is -1.95. The molecule has 0 saturated heterocycles. The topological polar surface area (TPSA) is 70.3 Å². The molecule has 0 aromatic rings. The van der Waals surface area contributed by atoms with Crippen LogP contribution in [0.4, 0.5) is 0 Å². The van der Waals surface area contributed by atoms with Crippen molar-refractivity contribution < 1.29 is 14.6 Å². The van der Waals surface area contributed by atoms with Crippen molar-refractivity contribution in [2.24, 2.45) is 0 Å². The zero-order chi connectivity index (χ0) is 7.11. The minimum Gasteiger partial charge on any atom is -0.462 e. The van der Waals surface area contributed by atoms with Crippen molar-refractivity contribution in [2.45, 2.75) is 6.42 Å². The molecule has 0 rings (SSSR count). The number of nitriles is 1. The number of ether oxygens (including phenoxy) is 1. The van der Waals surface area contributed by atoms with Gasteiger partial charge in [0.25, 0.3) is 0 Å². The lowest BCUT2D eigenvalue weighted by atomic mass is 10.5. The maximum absolute atomic E-state index is 10.2. The molecule has 0 radical (unpaired) electrons. The molecule has 0 aliphatic carbocycles. The van der Waals surface area contributed by atoms with Gasteiger partial charge in [0.2, 0.25) is 0 Å². The van der Waals surface area contributed by atoms with E-state index < -0.39 is 5.97 Å². The third kappa shape index (κ3) is 4.78. The van der Waals surface area contributed by atoms with E-state index in [0.29, 0.717) is 0 Å². The van der Waals surface area contributed by atoms with Gasteiger partial charge < -0.3 is 9.84 Å². The van der Waals surface area contributed by atoms with Crippen molar-refractivity contribution in [1.82, 2.24) is 0 Å². The van der Waals surface area contributed by atoms with Gasteiger partial charge in [-0.2, -0.15) is 5.26 Å². The summed E-state index contributed by atoms with van der Waals surface area (Å²) in [6, 6.07) is 1.62. The van der Waals surface area contributed by atoms with Crippen LogP contribution in [0.15, 0.2) is 0 Å². The van der Waals surface area contributed by atoms with Crippen LogP contribution in [-0.4, -0.2) is 24.3 Å². The number of aliphatic hydroxyl groups is 1. The van der Waals surface area contributed by atoms with Crippen LogP contribution < -0.4 is 0 Å². The second kappa shape index (κ2) is 5.06. The van der Waals surface area contributed by atoms with Crippen molar-refractivity contribution in [2.75, 3.05) is 13.2 Å². The molecule has 9 heavy (non-hydrogen) atoms. The van der Waals surface area contributed by atoms with Gasteiger partial charge in [0.15, 0.2) is 0 Å². The number of rotatable bonds is 3. The predicted octanol–water partition coefficient (Wildman–Crippen LogP) is -0.564. The van der Waals surface area contributed by atoms with Crippen LogP contribution in [0.1, 0.15) is 6.42 Å². The fourth-order valence-corrected chi connectivity index (χ4v) is 0.275. The molecule has 1 N–H and O–H groups in total. The molecule has 0 atom stereocenters. The number of nitrogens with zero attached hydrogens (tertiary/aromatic N) is 1. The highest BCUT2D eigenvalue weighted by atomic mass is 16.5. The van der Waals surface area contributed by atoms with E-state index in [2.05, 4.69) is 4.74 Å². The second-order valence-corrected chi connectivity index (χ2v) is 1.28. The zero-order valence-electron chi connectivity index (χ0n) is 4.83. The monoisotopic (exact) mass is 129 g/mol. The van der Waals surface area contributed by atoms with Crippen LogP contribution >= 0.6 is 0 Å². The number of hydrogen-bond acceptors (Lipinski definition) is 4. The van der Waals surface area contributed by atoms with Gasteiger partial charge in [0.05, 0.1) is 12.7 Å². The summed E-state index contributed by atoms with van der Waals surface area (Å²) in [7, 11) is 0. The van der Waals surface area contributed by atoms with Gasteiger partial charge in [-0.1, -0.05) is 0 Å². The van der Waals surface area contributed by atoms with E-state index >= 15 is 0 Å². The lowest BCUT2D eigenvalue weighted by molar-refractivity contribution is -0.143. The van der Waals surface area contributed by atoms with Crippen LogP contribution in [0, 0.1) is 11.3 Å². The summed E-state index contributed by atoms with van der Waals surface area (Å²) in [6.45, 7) is -0.225. The molecule has 0 heterocycles. The first kappa shape index (κ1) is 7.92. The smallest absolute Gasteiger partial charge is 0.320 e. The Balaban J connectivity index is 3.19. The molecule has 4 nitrogen and oxygen atoms in total. The van der Waals surface area contributed by atoms with Crippen molar-refractivity contribution in [1.29, 1.82) is 5.26 Å². The largest absolute Gasteiger partial charge is 0.462 e. The Labute approximate surface area is 52.7 Å². The van der Waals surface area contributed by atoms with Gasteiger partial charge in [0.1, 0.15) is 13.0 Å². The van der Waals surface area contributed by atoms with E-state index in [4.69, 9.17) is 10.4 Å². The predicted molar refractivity (Wildman–Crippen MR) is 28.3 cm³/mol. The lowest BCUT2D eigenvalue weighted by Crippen LogP contribution is -2.06. The molecule has 0 amide bonds. The summed E-state index contributed by atoms with van der Waals surface area (Å²) in [4.78, 5) is 10.2. The van der Waals surface area contributed by atoms with E-state index in [1.54, 1.807) is 6.07 Å². The first-order valence-corrected chi connectivity index (χ1v) is 2.44. The van der Waals surface area contributed by atoms with Gasteiger partial charge in [-0.3, -0.25) is 4.79 Å². The van der Waals surface area contributed by atoms with Gasteiger partial charge in [0, 0.05) is 0 Å². The normalized spacial score (nSPS) is 8.00. The fraction of sp³-hybridized carbons (Fsp3) is 0.600. The number of hydrogen-bond donors (Lipinski definition) is 1. The molecular weight excluding hydrogens is 122 g/mol. The molecule has 0 unspecified atom stereocenters. The first-order valence-electron chi connectivity index (χ1n) is 2.44. The Morgan fingerprint density at radius 1 is 1.78 bits per heavy atom. The zero-order valence-corrected chi connectivity index (χ0v) is 4.83. The minimum absolute atomic E-state index is 0.0273. The highest BCUT2D eigenvalue weighted by Gasteiger charge is 1.97. The summed E-state index contributed by atoms with van der Waals surface area (Å²) in [5.41, 5.74) is 0. The SMILES string of the molecule is N#CCC(=O)OCCO. The van der Waals surface area contributed by atoms with E-state index in [-0.39, 0.29) is 19.6 Å². The molecule has 0 aromatic carbocycles. The number of carbonyl (C=O) groups excluding carboxylic acids is 1. The number of esters is 1. The van der Waals surface area contributed by atoms with Crippen molar-refractivity contribution >= 4 is 5.97 Å². The standard InChI is InChI=1S/C5H7NO3/c6-2-1-5(8)9-4-3-7/h7H,1,3-4H2. The quantitative estimate of drug-likeness (QED) is 0.518. The fourth-order valence-electron chi connectivity index (χ4n) is 0.275. The highest BCUT2D eigenvalue weighted by Crippen LogP contribution is 1.81. The van der Waals surface area contributed by atoms with Crippen molar-refractivity contribution in [3.05, 3.63) is 0 Å². The molecule has 0 spiro atoms. The molecule has 0 aliphatic heterocycles. The third-order valence-electron chi connectivity index (χ3n) is 0.578. The molecule has 0 saturated carbocycles. The molecule has 0 aromatic heterocycles. The van der Waals surface area contributed by atoms with E-state index in [9.17, 15) is 4.79 Å². The van der Waals surface area contributed by atoms with Gasteiger partial charge in [-0.05, 0) is 0 Å². The van der Waals surface area contributed by atoms with Crippen LogP contribution in [0.5, 0.6) is 0 Å². The average molecular weight is 129 g/mol. The second-order valence-electron chi connectivity index (χ2n) is 1.28. The van der Waals surface area contributed by atoms with Gasteiger partial charge in [-0.25, -0.2) is 0 Å². The first-order chi connectivity index (χ1) is 4.31. The maximum Gasteiger partial charge on any atom is 0.320 e. The summed E-state index contributed by atoms with van der Waals surface area (Å²) < 4.78 is 4.32. The molecule has 0 fully saturated rings. The van der Waals surface area contributed by atoms with E-state index in [1.165, 1.54) is 0 Å². The molecular formula is C5H7NO3. The average Bonchev–Trinajstić information content (AvgIpc) is 1.85. The molecule has 0 aliphatic rings. The Morgan fingerprint density at radius 2 is 2.44 bits per heavy atom. The molecule has 50 valence electrons. The Hall–Kier alpha value is -1.08. The highest BCUT2D eigenvalue weighted by molar-refractivity contribution is 5.71. The number of aliphatic hydroxyl groups excluding tert-OH is 1. The van der Waals surface area contributed by atoms with Crippen LogP contribution in [-0.2, 0) is 9.53 Å². The van der Waals surface area contributed by atoms with Crippen LogP contribution in [0.3, 0.4) is 0 Å². The molecule has 0 bridgehead atoms. The van der Waals surface area contributed by atoms with Gasteiger partial charge >= 0.3 is 5.97 Å². The maximum atomic E-state index is 10.2. The Kier molecular flexibility index (Phi) is 4.46. The Bertz CT molecular complexity index is 127. The number of carbonyl (C=O) groups is 1. The van der Waals surface area contributed by atoms with Gasteiger partial charge in [-0.15, -0.1) is 0 Å². The van der Waals surface area contributed by atoms with Crippen molar-refractivity contribution in [3.63, 3.8) is 0 Å². The summed E-state index contributed by atoms with van der Waals surface area (Å²) in [6.07, 6.45) is -0.250. The minimum atomic E-state index is -0.591. The third-order valence-corrected chi connectivity index (χ3v) is 0.578. The van der Waals surface area contributed by atoms with Crippen molar-refractivity contribution in [3.8, 4) is 6.07 Å². The summed E-state index contributed by atoms with van der Waals surface area (Å²) in [5, 5.41) is 16.0. The molecule has 4 heteroatoms. The summed E-state index contributed by atoms with van der Waals surface area (Å²) in [5.74, 6) is -0.591. The summed E-state index contributed by atoms with van der Waals surface area (Å²) >= 11 is 0. The van der Waals surface area contributed by atoms with E-state index in [1.807, 2.05) is 0 Å². The van der Waals surface area contributed by atoms with Crippen LogP contribution in [0.25, 0.3) is 0 Å². The Morgan fingerprint density at radius 3 is 2.89 bits per heavy atom. The van der Waals surface area contributed by atoms with E-state index in [0.717, 1.165) is 0 Å².